The lowest BCUT2D eigenvalue weighted by molar-refractivity contribution is 0.453. The van der Waals surface area contributed by atoms with Gasteiger partial charge in [0.25, 0.3) is 11.1 Å². The molecule has 0 radical (unpaired) electrons. The smallest absolute Gasteiger partial charge is 0.267 e. The van der Waals surface area contributed by atoms with E-state index < -0.39 is 5.41 Å². The number of nitriles is 2. The van der Waals surface area contributed by atoms with Gasteiger partial charge in [0, 0.05) is 24.0 Å². The first kappa shape index (κ1) is 11.5. The lowest BCUT2D eigenvalue weighted by Crippen LogP contribution is -2.29. The number of hydrogen-bond donors (Lipinski definition) is 0. The Labute approximate surface area is 108 Å². The first-order valence-corrected chi connectivity index (χ1v) is 5.86. The highest BCUT2D eigenvalue weighted by Gasteiger charge is 2.40. The molecule has 6 nitrogen and oxygen atoms in total. The fraction of sp³-hybridized carbons (Fsp3) is 0.385. The van der Waals surface area contributed by atoms with Gasteiger partial charge in [-0.1, -0.05) is 0 Å². The van der Waals surface area contributed by atoms with Crippen molar-refractivity contribution in [1.82, 2.24) is 9.03 Å². The summed E-state index contributed by atoms with van der Waals surface area (Å²) in [6.07, 6.45) is 0.357. The highest BCUT2D eigenvalue weighted by Crippen LogP contribution is 2.32. The fourth-order valence-electron chi connectivity index (χ4n) is 2.79. The SMILES string of the molecule is Cc1c2n3c(c(C)c(=O)n3c1=O)CC(C#N)(C#N)C2. The van der Waals surface area contributed by atoms with Gasteiger partial charge in [-0.3, -0.25) is 14.1 Å². The Balaban J connectivity index is 2.52. The van der Waals surface area contributed by atoms with Crippen LogP contribution in [-0.4, -0.2) is 9.03 Å². The average Bonchev–Trinajstić information content (AvgIpc) is 2.82. The van der Waals surface area contributed by atoms with Gasteiger partial charge in [-0.15, -0.1) is 0 Å². The average molecular weight is 254 g/mol. The van der Waals surface area contributed by atoms with Crippen LogP contribution in [0.1, 0.15) is 22.5 Å². The standard InChI is InChI=1S/C13H10N4O2/c1-7-9-3-13(5-14,6-15)4-10-8(2)12(19)17(11(7)18)16(9)10/h3-4H2,1-2H3. The number of aromatic nitrogens is 2. The molecule has 0 fully saturated rings. The van der Waals surface area contributed by atoms with E-state index in [0.717, 1.165) is 4.52 Å². The molecule has 0 aliphatic carbocycles. The summed E-state index contributed by atoms with van der Waals surface area (Å²) in [7, 11) is 0. The third-order valence-electron chi connectivity index (χ3n) is 3.97. The Morgan fingerprint density at radius 2 is 1.37 bits per heavy atom. The maximum absolute atomic E-state index is 12.1. The second-order valence-electron chi connectivity index (χ2n) is 5.04. The normalized spacial score (nSPS) is 16.2. The van der Waals surface area contributed by atoms with E-state index in [0.29, 0.717) is 22.5 Å². The van der Waals surface area contributed by atoms with E-state index in [1.165, 1.54) is 0 Å². The molecule has 0 saturated heterocycles. The van der Waals surface area contributed by atoms with Crippen LogP contribution in [0.4, 0.5) is 0 Å². The van der Waals surface area contributed by atoms with Gasteiger partial charge in [-0.2, -0.15) is 15.0 Å². The van der Waals surface area contributed by atoms with Crippen LogP contribution >= 0.6 is 0 Å². The molecule has 6 heteroatoms. The van der Waals surface area contributed by atoms with Crippen LogP contribution in [0.2, 0.25) is 0 Å². The van der Waals surface area contributed by atoms with E-state index in [2.05, 4.69) is 0 Å². The zero-order chi connectivity index (χ0) is 13.9. The van der Waals surface area contributed by atoms with Gasteiger partial charge in [0.05, 0.1) is 23.5 Å². The van der Waals surface area contributed by atoms with Crippen LogP contribution < -0.4 is 11.1 Å². The molecule has 2 aromatic heterocycles. The summed E-state index contributed by atoms with van der Waals surface area (Å²) in [5.41, 5.74) is 0.159. The van der Waals surface area contributed by atoms with Crippen molar-refractivity contribution in [3.63, 3.8) is 0 Å². The molecule has 0 bridgehead atoms. The van der Waals surface area contributed by atoms with Crippen LogP contribution in [0, 0.1) is 41.9 Å². The van der Waals surface area contributed by atoms with Crippen molar-refractivity contribution in [3.05, 3.63) is 43.2 Å². The first-order valence-electron chi connectivity index (χ1n) is 5.86. The Kier molecular flexibility index (Phi) is 1.96. The van der Waals surface area contributed by atoms with Crippen molar-refractivity contribution in [3.8, 4) is 12.1 Å². The third kappa shape index (κ3) is 1.13. The lowest BCUT2D eigenvalue weighted by Gasteiger charge is -2.24. The van der Waals surface area contributed by atoms with E-state index in [1.807, 2.05) is 12.1 Å². The van der Waals surface area contributed by atoms with Gasteiger partial charge in [-0.25, -0.2) is 0 Å². The van der Waals surface area contributed by atoms with E-state index in [9.17, 15) is 20.1 Å². The predicted molar refractivity (Wildman–Crippen MR) is 65.1 cm³/mol. The molecule has 19 heavy (non-hydrogen) atoms. The Morgan fingerprint density at radius 1 is 0.947 bits per heavy atom. The van der Waals surface area contributed by atoms with Gasteiger partial charge >= 0.3 is 0 Å². The van der Waals surface area contributed by atoms with Crippen molar-refractivity contribution in [2.24, 2.45) is 5.41 Å². The zero-order valence-electron chi connectivity index (χ0n) is 10.5. The molecule has 2 aromatic rings. The minimum Gasteiger partial charge on any atom is -0.267 e. The maximum Gasteiger partial charge on any atom is 0.277 e. The quantitative estimate of drug-likeness (QED) is 0.659. The van der Waals surface area contributed by atoms with Gasteiger partial charge in [-0.05, 0) is 13.8 Å². The molecule has 3 rings (SSSR count). The van der Waals surface area contributed by atoms with Crippen LogP contribution in [0.5, 0.6) is 0 Å². The molecule has 3 heterocycles. The largest absolute Gasteiger partial charge is 0.277 e. The number of nitrogens with zero attached hydrogens (tertiary/aromatic N) is 4. The summed E-state index contributed by atoms with van der Waals surface area (Å²) in [5, 5.41) is 18.5. The number of rotatable bonds is 0. The molecule has 0 saturated carbocycles. The summed E-state index contributed by atoms with van der Waals surface area (Å²) in [4.78, 5) is 24.2. The molecular weight excluding hydrogens is 244 g/mol. The molecule has 0 atom stereocenters. The van der Waals surface area contributed by atoms with E-state index in [-0.39, 0.29) is 24.0 Å². The van der Waals surface area contributed by atoms with E-state index >= 15 is 0 Å². The second kappa shape index (κ2) is 3.24. The van der Waals surface area contributed by atoms with Crippen molar-refractivity contribution in [2.75, 3.05) is 0 Å². The Bertz CT molecular complexity index is 833. The Hall–Kier alpha value is -2.60. The van der Waals surface area contributed by atoms with Gasteiger partial charge < -0.3 is 0 Å². The monoisotopic (exact) mass is 254 g/mol. The molecule has 0 unspecified atom stereocenters. The second-order valence-corrected chi connectivity index (χ2v) is 5.04. The zero-order valence-corrected chi connectivity index (χ0v) is 10.5. The Morgan fingerprint density at radius 3 is 1.74 bits per heavy atom. The lowest BCUT2D eigenvalue weighted by atomic mass is 9.78. The molecule has 0 N–H and O–H groups in total. The topological polar surface area (TPSA) is 90.5 Å². The fourth-order valence-corrected chi connectivity index (χ4v) is 2.79. The molecular formula is C13H10N4O2. The number of hydrogen-bond acceptors (Lipinski definition) is 4. The van der Waals surface area contributed by atoms with Crippen molar-refractivity contribution < 1.29 is 0 Å². The van der Waals surface area contributed by atoms with Crippen molar-refractivity contribution in [2.45, 2.75) is 26.7 Å². The summed E-state index contributed by atoms with van der Waals surface area (Å²) in [6, 6.07) is 4.07. The van der Waals surface area contributed by atoms with Crippen LogP contribution in [0.25, 0.3) is 0 Å². The van der Waals surface area contributed by atoms with E-state index in [4.69, 9.17) is 0 Å². The minimum absolute atomic E-state index is 0.179. The molecule has 1 aliphatic heterocycles. The van der Waals surface area contributed by atoms with Crippen molar-refractivity contribution >= 4 is 0 Å². The van der Waals surface area contributed by atoms with Crippen LogP contribution in [0.15, 0.2) is 9.59 Å². The van der Waals surface area contributed by atoms with Gasteiger partial charge in [0.2, 0.25) is 0 Å². The third-order valence-corrected chi connectivity index (χ3v) is 3.97. The predicted octanol–water partition coefficient (Wildman–Crippen LogP) is -0.0540. The van der Waals surface area contributed by atoms with Gasteiger partial charge in [0.15, 0.2) is 5.41 Å². The summed E-state index contributed by atoms with van der Waals surface area (Å²) in [5.74, 6) is 0. The summed E-state index contributed by atoms with van der Waals surface area (Å²) in [6.45, 7) is 3.25. The molecule has 1 aliphatic rings. The van der Waals surface area contributed by atoms with Gasteiger partial charge in [0.1, 0.15) is 0 Å². The summed E-state index contributed by atoms with van der Waals surface area (Å²) >= 11 is 0. The van der Waals surface area contributed by atoms with Crippen LogP contribution in [0.3, 0.4) is 0 Å². The summed E-state index contributed by atoms with van der Waals surface area (Å²) < 4.78 is 2.69. The van der Waals surface area contributed by atoms with Crippen molar-refractivity contribution in [1.29, 1.82) is 10.5 Å². The molecule has 94 valence electrons. The minimum atomic E-state index is -1.19. The molecule has 0 spiro atoms. The van der Waals surface area contributed by atoms with E-state index in [1.54, 1.807) is 18.4 Å². The molecule has 0 aromatic carbocycles. The maximum atomic E-state index is 12.1. The van der Waals surface area contributed by atoms with Crippen LogP contribution in [-0.2, 0) is 12.8 Å². The first-order chi connectivity index (χ1) is 8.95. The molecule has 0 amide bonds. The highest BCUT2D eigenvalue weighted by atomic mass is 16.2. The highest BCUT2D eigenvalue weighted by molar-refractivity contribution is 5.37.